The molecule has 100 valence electrons. The van der Waals surface area contributed by atoms with Gasteiger partial charge < -0.3 is 5.73 Å². The molecule has 0 spiro atoms. The van der Waals surface area contributed by atoms with E-state index in [-0.39, 0.29) is 17.1 Å². The highest BCUT2D eigenvalue weighted by molar-refractivity contribution is 7.99. The minimum Gasteiger partial charge on any atom is -0.393 e. The Hall–Kier alpha value is -2.29. The Morgan fingerprint density at radius 1 is 1.58 bits per heavy atom. The van der Waals surface area contributed by atoms with Gasteiger partial charge in [-0.15, -0.1) is 5.10 Å². The van der Waals surface area contributed by atoms with Crippen LogP contribution in [0.2, 0.25) is 0 Å². The number of aromatic nitrogens is 3. The van der Waals surface area contributed by atoms with E-state index < -0.39 is 4.92 Å². The van der Waals surface area contributed by atoms with Gasteiger partial charge in [0.1, 0.15) is 5.69 Å². The summed E-state index contributed by atoms with van der Waals surface area (Å²) in [5.41, 5.74) is 5.25. The van der Waals surface area contributed by atoms with Crippen LogP contribution >= 0.6 is 11.8 Å². The van der Waals surface area contributed by atoms with E-state index >= 15 is 0 Å². The summed E-state index contributed by atoms with van der Waals surface area (Å²) in [5.74, 6) is 0. The highest BCUT2D eigenvalue weighted by Gasteiger charge is 2.13. The molecule has 1 heterocycles. The molecule has 0 bridgehead atoms. The average Bonchev–Trinajstić information content (AvgIpc) is 2.69. The molecule has 1 aromatic carbocycles. The first-order valence-corrected chi connectivity index (χ1v) is 6.21. The van der Waals surface area contributed by atoms with E-state index in [1.54, 1.807) is 6.07 Å². The summed E-state index contributed by atoms with van der Waals surface area (Å²) < 4.78 is 1.46. The average molecular weight is 281 g/mol. The van der Waals surface area contributed by atoms with Gasteiger partial charge in [0.05, 0.1) is 4.92 Å². The number of nitrogens with zero attached hydrogens (tertiary/aromatic N) is 3. The van der Waals surface area contributed by atoms with Crippen LogP contribution in [0.3, 0.4) is 0 Å². The number of H-pyrrole nitrogens is 1. The van der Waals surface area contributed by atoms with Gasteiger partial charge in [0.2, 0.25) is 0 Å². The predicted octanol–water partition coefficient (Wildman–Crippen LogP) is 1.23. The lowest BCUT2D eigenvalue weighted by Gasteiger charge is -2.03. The second-order valence-electron chi connectivity index (χ2n) is 3.64. The second-order valence-corrected chi connectivity index (χ2v) is 4.68. The Kier molecular flexibility index (Phi) is 3.56. The number of nitrogens with two attached hydrogens (primary N) is 1. The first-order valence-electron chi connectivity index (χ1n) is 5.40. The van der Waals surface area contributed by atoms with Crippen molar-refractivity contribution in [2.24, 2.45) is 0 Å². The van der Waals surface area contributed by atoms with E-state index in [2.05, 4.69) is 10.2 Å². The van der Waals surface area contributed by atoms with E-state index in [1.165, 1.54) is 28.5 Å². The molecule has 1 aromatic heterocycles. The van der Waals surface area contributed by atoms with E-state index in [1.807, 2.05) is 6.92 Å². The van der Waals surface area contributed by atoms with Crippen LogP contribution in [-0.4, -0.2) is 19.7 Å². The minimum absolute atomic E-state index is 0.0796. The molecule has 0 fully saturated rings. The van der Waals surface area contributed by atoms with Gasteiger partial charge in [-0.1, -0.05) is 0 Å². The van der Waals surface area contributed by atoms with Gasteiger partial charge >= 0.3 is 5.69 Å². The SMILES string of the molecule is CCn1c(Sc2ccc([N+](=O)[O-])c(N)c2)n[nH]c1=O. The lowest BCUT2D eigenvalue weighted by atomic mass is 10.3. The normalized spacial score (nSPS) is 10.6. The summed E-state index contributed by atoms with van der Waals surface area (Å²) in [6.45, 7) is 2.31. The molecule has 9 heteroatoms. The molecule has 0 saturated heterocycles. The number of rotatable bonds is 4. The zero-order valence-corrected chi connectivity index (χ0v) is 10.8. The van der Waals surface area contributed by atoms with Gasteiger partial charge in [-0.2, -0.15) is 0 Å². The molecule has 8 nitrogen and oxygen atoms in total. The number of hydrogen-bond donors (Lipinski definition) is 2. The van der Waals surface area contributed by atoms with Crippen LogP contribution < -0.4 is 11.4 Å². The molecule has 0 aliphatic heterocycles. The van der Waals surface area contributed by atoms with Crippen LogP contribution in [0.5, 0.6) is 0 Å². The summed E-state index contributed by atoms with van der Waals surface area (Å²) in [7, 11) is 0. The van der Waals surface area contributed by atoms with Crippen molar-refractivity contribution in [3.8, 4) is 0 Å². The molecule has 0 atom stereocenters. The molecule has 2 rings (SSSR count). The highest BCUT2D eigenvalue weighted by Crippen LogP contribution is 2.30. The minimum atomic E-state index is -0.541. The Labute approximate surface area is 111 Å². The zero-order valence-electron chi connectivity index (χ0n) is 9.99. The van der Waals surface area contributed by atoms with Crippen molar-refractivity contribution in [1.29, 1.82) is 0 Å². The number of benzene rings is 1. The van der Waals surface area contributed by atoms with Crippen LogP contribution in [0.15, 0.2) is 33.0 Å². The third kappa shape index (κ3) is 2.60. The zero-order chi connectivity index (χ0) is 14.0. The predicted molar refractivity (Wildman–Crippen MR) is 70.2 cm³/mol. The van der Waals surface area contributed by atoms with Crippen molar-refractivity contribution in [3.63, 3.8) is 0 Å². The number of hydrogen-bond acceptors (Lipinski definition) is 6. The molecule has 0 amide bonds. The standard InChI is InChI=1S/C10H11N5O3S/c1-2-14-9(16)12-13-10(14)19-6-3-4-8(15(17)18)7(11)5-6/h3-5H,2,11H2,1H3,(H,12,16). The van der Waals surface area contributed by atoms with Crippen molar-refractivity contribution in [1.82, 2.24) is 14.8 Å². The van der Waals surface area contributed by atoms with E-state index in [0.29, 0.717) is 16.6 Å². The van der Waals surface area contributed by atoms with E-state index in [4.69, 9.17) is 5.73 Å². The first-order chi connectivity index (χ1) is 9.02. The van der Waals surface area contributed by atoms with Gasteiger partial charge in [-0.3, -0.25) is 14.7 Å². The molecule has 0 saturated carbocycles. The van der Waals surface area contributed by atoms with Gasteiger partial charge in [-0.25, -0.2) is 9.89 Å². The Morgan fingerprint density at radius 2 is 2.32 bits per heavy atom. The molecule has 2 aromatic rings. The van der Waals surface area contributed by atoms with Crippen LogP contribution in [0.25, 0.3) is 0 Å². The van der Waals surface area contributed by atoms with Crippen molar-refractivity contribution in [2.75, 3.05) is 5.73 Å². The molecular formula is C10H11N5O3S. The van der Waals surface area contributed by atoms with Crippen LogP contribution in [0.1, 0.15) is 6.92 Å². The van der Waals surface area contributed by atoms with Gasteiger partial charge in [0.15, 0.2) is 5.16 Å². The van der Waals surface area contributed by atoms with Crippen molar-refractivity contribution < 1.29 is 4.92 Å². The fraction of sp³-hybridized carbons (Fsp3) is 0.200. The van der Waals surface area contributed by atoms with Gasteiger partial charge in [0.25, 0.3) is 5.69 Å². The summed E-state index contributed by atoms with van der Waals surface area (Å²) in [6, 6.07) is 4.39. The Morgan fingerprint density at radius 3 is 2.89 bits per heavy atom. The lowest BCUT2D eigenvalue weighted by Crippen LogP contribution is -2.15. The topological polar surface area (TPSA) is 120 Å². The summed E-state index contributed by atoms with van der Waals surface area (Å²) in [5, 5.41) is 17.4. The molecular weight excluding hydrogens is 270 g/mol. The third-order valence-electron chi connectivity index (χ3n) is 2.44. The van der Waals surface area contributed by atoms with E-state index in [9.17, 15) is 14.9 Å². The van der Waals surface area contributed by atoms with Gasteiger partial charge in [-0.05, 0) is 30.8 Å². The number of anilines is 1. The first kappa shape index (κ1) is 13.1. The van der Waals surface area contributed by atoms with Crippen molar-refractivity contribution >= 4 is 23.1 Å². The smallest absolute Gasteiger partial charge is 0.343 e. The Bertz CT molecular complexity index is 678. The number of nitro groups is 1. The third-order valence-corrected chi connectivity index (χ3v) is 3.43. The molecule has 0 radical (unpaired) electrons. The number of nitrogens with one attached hydrogen (secondary N) is 1. The van der Waals surface area contributed by atoms with Crippen LogP contribution in [-0.2, 0) is 6.54 Å². The maximum atomic E-state index is 11.4. The monoisotopic (exact) mass is 281 g/mol. The highest BCUT2D eigenvalue weighted by atomic mass is 32.2. The molecule has 0 aliphatic carbocycles. The fourth-order valence-corrected chi connectivity index (χ4v) is 2.47. The lowest BCUT2D eigenvalue weighted by molar-refractivity contribution is -0.383. The Balaban J connectivity index is 2.31. The number of nitrogen functional groups attached to an aromatic ring is 1. The maximum absolute atomic E-state index is 11.4. The number of nitro benzene ring substituents is 1. The van der Waals surface area contributed by atoms with Crippen LogP contribution in [0, 0.1) is 10.1 Å². The van der Waals surface area contributed by atoms with Crippen molar-refractivity contribution in [3.05, 3.63) is 38.8 Å². The summed E-state index contributed by atoms with van der Waals surface area (Å²) >= 11 is 1.21. The maximum Gasteiger partial charge on any atom is 0.343 e. The fourth-order valence-electron chi connectivity index (χ4n) is 1.53. The number of aromatic amines is 1. The molecule has 19 heavy (non-hydrogen) atoms. The quantitative estimate of drug-likeness (QED) is 0.494. The molecule has 3 N–H and O–H groups in total. The largest absolute Gasteiger partial charge is 0.393 e. The van der Waals surface area contributed by atoms with Gasteiger partial charge in [0, 0.05) is 17.5 Å². The van der Waals surface area contributed by atoms with Crippen LogP contribution in [0.4, 0.5) is 11.4 Å². The second kappa shape index (κ2) is 5.14. The summed E-state index contributed by atoms with van der Waals surface area (Å²) in [4.78, 5) is 22.2. The van der Waals surface area contributed by atoms with E-state index in [0.717, 1.165) is 0 Å². The molecule has 0 unspecified atom stereocenters. The van der Waals surface area contributed by atoms with Crippen molar-refractivity contribution in [2.45, 2.75) is 23.5 Å². The molecule has 0 aliphatic rings. The summed E-state index contributed by atoms with van der Waals surface area (Å²) in [6.07, 6.45) is 0.